The van der Waals surface area contributed by atoms with Crippen LogP contribution in [0.3, 0.4) is 0 Å². The molecular weight excluding hydrogens is 451 g/mol. The first kappa shape index (κ1) is 22.3. The highest BCUT2D eigenvalue weighted by Crippen LogP contribution is 2.34. The zero-order valence-corrected chi connectivity index (χ0v) is 17.9. The molecule has 7 nitrogen and oxygen atoms in total. The van der Waals surface area contributed by atoms with Gasteiger partial charge in [0.25, 0.3) is 0 Å². The molecule has 9 heteroatoms. The molecule has 0 aromatic heterocycles. The first-order chi connectivity index (χ1) is 15.9. The monoisotopic (exact) mass is 468 g/mol. The van der Waals surface area contributed by atoms with Crippen molar-refractivity contribution < 1.29 is 28.2 Å². The Morgan fingerprint density at radius 1 is 0.939 bits per heavy atom. The van der Waals surface area contributed by atoms with Crippen molar-refractivity contribution in [2.24, 2.45) is 5.92 Å². The highest BCUT2D eigenvalue weighted by Gasteiger charge is 2.31. The van der Waals surface area contributed by atoms with E-state index in [4.69, 9.17) is 21.1 Å². The number of carbonyl (C=O) groups excluding carboxylic acids is 3. The van der Waals surface area contributed by atoms with Crippen molar-refractivity contribution in [3.05, 3.63) is 83.1 Å². The van der Waals surface area contributed by atoms with Crippen LogP contribution in [0.25, 0.3) is 0 Å². The van der Waals surface area contributed by atoms with Crippen LogP contribution in [0.1, 0.15) is 16.8 Å². The summed E-state index contributed by atoms with van der Waals surface area (Å²) < 4.78 is 24.6. The van der Waals surface area contributed by atoms with Crippen molar-refractivity contribution in [1.29, 1.82) is 0 Å². The van der Waals surface area contributed by atoms with Gasteiger partial charge in [0.1, 0.15) is 11.7 Å². The van der Waals surface area contributed by atoms with Crippen LogP contribution in [-0.2, 0) is 9.59 Å². The van der Waals surface area contributed by atoms with Crippen LogP contribution in [0.5, 0.6) is 11.5 Å². The van der Waals surface area contributed by atoms with Crippen LogP contribution in [-0.4, -0.2) is 24.4 Å². The molecule has 4 rings (SSSR count). The number of amides is 2. The third-order valence-electron chi connectivity index (χ3n) is 4.93. The summed E-state index contributed by atoms with van der Waals surface area (Å²) in [6.07, 6.45) is -0.494. The quantitative estimate of drug-likeness (QED) is 0.388. The standard InChI is InChI=1S/C24H18ClFN2O5/c25-15-6-8-19(18(26)10-15)28-22(29)12-17(23(30)14-4-2-1-3-5-14)24(31)27-16-7-9-20-21(11-16)33-13-32-20/h1-11,17H,12-13H2,(H,27,31)(H,28,29)/t17-/m0/s1. The number of anilines is 2. The zero-order valence-electron chi connectivity index (χ0n) is 17.1. The van der Waals surface area contributed by atoms with Crippen LogP contribution in [0.4, 0.5) is 15.8 Å². The molecule has 2 N–H and O–H groups in total. The number of nitrogens with one attached hydrogen (secondary N) is 2. The van der Waals surface area contributed by atoms with Crippen molar-refractivity contribution in [2.75, 3.05) is 17.4 Å². The molecule has 1 aliphatic rings. The smallest absolute Gasteiger partial charge is 0.235 e. The highest BCUT2D eigenvalue weighted by atomic mass is 35.5. The Bertz CT molecular complexity index is 1220. The summed E-state index contributed by atoms with van der Waals surface area (Å²) in [5.74, 6) is -3.02. The van der Waals surface area contributed by atoms with Gasteiger partial charge in [-0.2, -0.15) is 0 Å². The SMILES string of the molecule is O=C(C[C@H](C(=O)Nc1ccc2c(c1)OCO2)C(=O)c1ccccc1)Nc1ccc(Cl)cc1F. The second-order valence-electron chi connectivity index (χ2n) is 7.22. The molecule has 168 valence electrons. The van der Waals surface area contributed by atoms with E-state index in [9.17, 15) is 18.8 Å². The lowest BCUT2D eigenvalue weighted by Gasteiger charge is -2.16. The summed E-state index contributed by atoms with van der Waals surface area (Å²) in [5, 5.41) is 5.20. The van der Waals surface area contributed by atoms with Crippen LogP contribution in [0, 0.1) is 11.7 Å². The Morgan fingerprint density at radius 3 is 2.45 bits per heavy atom. The zero-order chi connectivity index (χ0) is 23.4. The number of benzene rings is 3. The normalized spacial score (nSPS) is 12.7. The van der Waals surface area contributed by atoms with E-state index < -0.39 is 35.8 Å². The number of halogens is 2. The summed E-state index contributed by atoms with van der Waals surface area (Å²) >= 11 is 5.73. The van der Waals surface area contributed by atoms with E-state index in [0.29, 0.717) is 17.2 Å². The lowest BCUT2D eigenvalue weighted by Crippen LogP contribution is -2.33. The number of ketones is 1. The van der Waals surface area contributed by atoms with E-state index in [1.54, 1.807) is 48.5 Å². The summed E-state index contributed by atoms with van der Waals surface area (Å²) in [6.45, 7) is 0.0727. The van der Waals surface area contributed by atoms with Gasteiger partial charge in [-0.1, -0.05) is 41.9 Å². The fourth-order valence-electron chi connectivity index (χ4n) is 3.29. The largest absolute Gasteiger partial charge is 0.454 e. The van der Waals surface area contributed by atoms with E-state index in [-0.39, 0.29) is 23.1 Å². The van der Waals surface area contributed by atoms with Crippen molar-refractivity contribution in [3.63, 3.8) is 0 Å². The van der Waals surface area contributed by atoms with Crippen LogP contribution < -0.4 is 20.1 Å². The lowest BCUT2D eigenvalue weighted by molar-refractivity contribution is -0.123. The van der Waals surface area contributed by atoms with Crippen LogP contribution >= 0.6 is 11.6 Å². The fraction of sp³-hybridized carbons (Fsp3) is 0.125. The number of carbonyl (C=O) groups is 3. The van der Waals surface area contributed by atoms with E-state index in [1.807, 2.05) is 0 Å². The lowest BCUT2D eigenvalue weighted by atomic mass is 9.93. The second kappa shape index (κ2) is 9.70. The van der Waals surface area contributed by atoms with Gasteiger partial charge in [0.2, 0.25) is 18.6 Å². The molecule has 0 saturated carbocycles. The summed E-state index contributed by atoms with van der Waals surface area (Å²) in [4.78, 5) is 38.8. The Hall–Kier alpha value is -3.91. The maximum absolute atomic E-state index is 14.1. The molecule has 0 spiro atoms. The van der Waals surface area contributed by atoms with Gasteiger partial charge in [-0.15, -0.1) is 0 Å². The summed E-state index contributed by atoms with van der Waals surface area (Å²) in [7, 11) is 0. The highest BCUT2D eigenvalue weighted by molar-refractivity contribution is 6.30. The molecule has 0 bridgehead atoms. The Labute approximate surface area is 193 Å². The molecule has 1 atom stereocenters. The maximum Gasteiger partial charge on any atom is 0.235 e. The van der Waals surface area contributed by atoms with E-state index in [2.05, 4.69) is 10.6 Å². The van der Waals surface area contributed by atoms with E-state index >= 15 is 0 Å². The van der Waals surface area contributed by atoms with Crippen molar-refractivity contribution in [3.8, 4) is 11.5 Å². The molecule has 0 saturated heterocycles. The second-order valence-corrected chi connectivity index (χ2v) is 7.65. The first-order valence-corrected chi connectivity index (χ1v) is 10.3. The maximum atomic E-state index is 14.1. The molecule has 33 heavy (non-hydrogen) atoms. The first-order valence-electron chi connectivity index (χ1n) is 9.95. The number of Topliss-reactive ketones (excluding diaryl/α,β-unsaturated/α-hetero) is 1. The van der Waals surface area contributed by atoms with Crippen LogP contribution in [0.2, 0.25) is 5.02 Å². The van der Waals surface area contributed by atoms with Gasteiger partial charge < -0.3 is 20.1 Å². The predicted molar refractivity (Wildman–Crippen MR) is 120 cm³/mol. The molecular formula is C24H18ClFN2O5. The topological polar surface area (TPSA) is 93.7 Å². The number of rotatable bonds is 7. The molecule has 0 aliphatic carbocycles. The summed E-state index contributed by atoms with van der Waals surface area (Å²) in [6, 6.07) is 16.7. The number of fused-ring (bicyclic) bond motifs is 1. The molecule has 0 fully saturated rings. The van der Waals surface area contributed by atoms with Gasteiger partial charge in [-0.3, -0.25) is 14.4 Å². The minimum Gasteiger partial charge on any atom is -0.454 e. The molecule has 3 aromatic rings. The molecule has 2 amide bonds. The molecule has 0 unspecified atom stereocenters. The van der Waals surface area contributed by atoms with Gasteiger partial charge in [0.15, 0.2) is 17.3 Å². The Balaban J connectivity index is 1.54. The minimum absolute atomic E-state index is 0.0727. The van der Waals surface area contributed by atoms with Crippen molar-refractivity contribution in [2.45, 2.75) is 6.42 Å². The number of hydrogen-bond acceptors (Lipinski definition) is 5. The van der Waals surface area contributed by atoms with Crippen molar-refractivity contribution >= 4 is 40.6 Å². The number of ether oxygens (including phenoxy) is 2. The van der Waals surface area contributed by atoms with E-state index in [1.165, 1.54) is 12.1 Å². The predicted octanol–water partition coefficient (Wildman–Crippen LogP) is 4.67. The minimum atomic E-state index is -1.35. The van der Waals surface area contributed by atoms with Gasteiger partial charge in [-0.05, 0) is 30.3 Å². The third-order valence-corrected chi connectivity index (χ3v) is 5.16. The molecule has 0 radical (unpaired) electrons. The number of hydrogen-bond donors (Lipinski definition) is 2. The van der Waals surface area contributed by atoms with Crippen LogP contribution in [0.15, 0.2) is 66.7 Å². The fourth-order valence-corrected chi connectivity index (χ4v) is 3.45. The van der Waals surface area contributed by atoms with Gasteiger partial charge in [0, 0.05) is 28.8 Å². The Morgan fingerprint density at radius 2 is 1.70 bits per heavy atom. The summed E-state index contributed by atoms with van der Waals surface area (Å²) in [5.41, 5.74) is 0.541. The molecule has 3 aromatic carbocycles. The Kier molecular flexibility index (Phi) is 6.55. The third kappa shape index (κ3) is 5.30. The average Bonchev–Trinajstić information content (AvgIpc) is 3.27. The molecule has 1 heterocycles. The van der Waals surface area contributed by atoms with Gasteiger partial charge in [0.05, 0.1) is 5.69 Å². The van der Waals surface area contributed by atoms with E-state index in [0.717, 1.165) is 6.07 Å². The molecule has 1 aliphatic heterocycles. The van der Waals surface area contributed by atoms with Gasteiger partial charge in [-0.25, -0.2) is 4.39 Å². The average molecular weight is 469 g/mol. The van der Waals surface area contributed by atoms with Crippen molar-refractivity contribution in [1.82, 2.24) is 0 Å². The van der Waals surface area contributed by atoms with Gasteiger partial charge >= 0.3 is 0 Å².